The van der Waals surface area contributed by atoms with E-state index < -0.39 is 74.5 Å². The van der Waals surface area contributed by atoms with Gasteiger partial charge in [0.25, 0.3) is 0 Å². The van der Waals surface area contributed by atoms with Gasteiger partial charge < -0.3 is 55.3 Å². The molecule has 4 bridgehead atoms. The largest absolute Gasteiger partial charge is 0.489 e. The minimum Gasteiger partial charge on any atom is -0.489 e. The predicted molar refractivity (Wildman–Crippen MR) is 292 cm³/mol. The number of hydrogen-bond acceptors (Lipinski definition) is 12. The van der Waals surface area contributed by atoms with Crippen molar-refractivity contribution >= 4 is 55.8 Å². The van der Waals surface area contributed by atoms with Crippen molar-refractivity contribution in [3.8, 4) is 16.9 Å². The first-order chi connectivity index (χ1) is 36.3. The lowest BCUT2D eigenvalue weighted by Gasteiger charge is -2.40. The van der Waals surface area contributed by atoms with Crippen LogP contribution in [0, 0.1) is 0 Å². The smallest absolute Gasteiger partial charge is 0.408 e. The summed E-state index contributed by atoms with van der Waals surface area (Å²) in [5, 5.41) is 16.8. The number of nitrogens with one attached hydrogen (secondary N) is 6. The zero-order valence-electron chi connectivity index (χ0n) is 44.0. The van der Waals surface area contributed by atoms with E-state index in [1.54, 1.807) is 43.4 Å². The van der Waals surface area contributed by atoms with Crippen LogP contribution in [0.4, 0.5) is 9.59 Å². The highest BCUT2D eigenvalue weighted by molar-refractivity contribution is 6.74. The van der Waals surface area contributed by atoms with Crippen LogP contribution in [0.2, 0.25) is 23.2 Å². The second-order valence-corrected chi connectivity index (χ2v) is 25.2. The third-order valence-electron chi connectivity index (χ3n) is 13.3. The molecule has 1 heterocycles. The summed E-state index contributed by atoms with van der Waals surface area (Å²) < 4.78 is 29.5. The third-order valence-corrected chi connectivity index (χ3v) is 18.2. The van der Waals surface area contributed by atoms with Crippen molar-refractivity contribution in [3.63, 3.8) is 0 Å². The van der Waals surface area contributed by atoms with Gasteiger partial charge in [0, 0.05) is 37.4 Å². The van der Waals surface area contributed by atoms with Crippen LogP contribution < -0.4 is 36.6 Å². The lowest BCUT2D eigenvalue weighted by Crippen LogP contribution is -2.60. The molecule has 5 atom stereocenters. The quantitative estimate of drug-likeness (QED) is 0.0269. The summed E-state index contributed by atoms with van der Waals surface area (Å²) in [6.45, 7) is 10.0. The van der Waals surface area contributed by atoms with E-state index in [0.717, 1.165) is 11.1 Å². The van der Waals surface area contributed by atoms with Crippen LogP contribution in [0.5, 0.6) is 5.75 Å². The van der Waals surface area contributed by atoms with Crippen LogP contribution in [-0.4, -0.2) is 102 Å². The minimum absolute atomic E-state index is 0.00315. The van der Waals surface area contributed by atoms with Gasteiger partial charge in [-0.3, -0.25) is 14.4 Å². The molecule has 0 radical (unpaired) electrons. The molecule has 6 rings (SSSR count). The molecule has 0 aromatic heterocycles. The van der Waals surface area contributed by atoms with Crippen molar-refractivity contribution in [2.75, 3.05) is 27.2 Å². The van der Waals surface area contributed by atoms with E-state index in [1.807, 2.05) is 125 Å². The summed E-state index contributed by atoms with van der Waals surface area (Å²) in [6, 6.07) is 33.0. The first-order valence-electron chi connectivity index (χ1n) is 25.1. The summed E-state index contributed by atoms with van der Waals surface area (Å²) >= 11 is 6.90. The van der Waals surface area contributed by atoms with Crippen LogP contribution in [0.3, 0.4) is 0 Å². The lowest BCUT2D eigenvalue weighted by molar-refractivity contribution is -0.145. The number of benzene rings is 5. The Morgan fingerprint density at radius 1 is 0.711 bits per heavy atom. The Labute approximate surface area is 450 Å². The molecule has 6 N–H and O–H groups in total. The Hall–Kier alpha value is -7.25. The van der Waals surface area contributed by atoms with Crippen molar-refractivity contribution in [2.45, 2.75) is 108 Å². The highest BCUT2D eigenvalue weighted by Gasteiger charge is 2.41. The van der Waals surface area contributed by atoms with E-state index in [0.29, 0.717) is 38.6 Å². The number of methoxy groups -OCH3 is 1. The second kappa shape index (κ2) is 27.5. The Bertz CT molecular complexity index is 2770. The molecule has 19 heteroatoms. The number of ether oxygens (including phenoxy) is 4. The lowest BCUT2D eigenvalue weighted by atomic mass is 9.95. The molecule has 76 heavy (non-hydrogen) atoms. The number of hydrogen-bond donors (Lipinski definition) is 6. The fourth-order valence-electron chi connectivity index (χ4n) is 8.06. The molecule has 17 nitrogen and oxygen atoms in total. The minimum atomic E-state index is -2.72. The Morgan fingerprint density at radius 3 is 1.86 bits per heavy atom. The summed E-state index contributed by atoms with van der Waals surface area (Å²) in [5.74, 6) is -2.69. The van der Waals surface area contributed by atoms with Crippen LogP contribution in [0.1, 0.15) is 55.0 Å². The van der Waals surface area contributed by atoms with Crippen molar-refractivity contribution < 1.29 is 52.1 Å². The summed E-state index contributed by atoms with van der Waals surface area (Å²) in [6.07, 6.45) is -3.15. The number of fused-ring (bicyclic) bond motifs is 5. The molecular weight excluding hydrogens is 1010 g/mol. The molecule has 0 saturated carbocycles. The van der Waals surface area contributed by atoms with Crippen LogP contribution in [0.15, 0.2) is 127 Å². The van der Waals surface area contributed by atoms with Gasteiger partial charge in [0.1, 0.15) is 49.7 Å². The van der Waals surface area contributed by atoms with Crippen molar-refractivity contribution in [1.82, 2.24) is 31.9 Å². The molecule has 5 aromatic carbocycles. The zero-order valence-corrected chi connectivity index (χ0v) is 45.8. The highest BCUT2D eigenvalue weighted by Crippen LogP contribution is 2.38. The maximum atomic E-state index is 15.2. The van der Waals surface area contributed by atoms with Crippen LogP contribution >= 0.6 is 11.6 Å². The molecule has 1 aliphatic rings. The SMILES string of the molecule is CNCC(NC(=O)[C@@H]1Cc2cc(ccc2Cl)-c2ccc(OCc3ccccc3)c(c2)C[C@H](NC(=O)OCc2ccccc2)C(=O)N[C@@H](C[C@H](CNC(=O)OCc2ccccc2)O[Si](C)(C)C(C)(C)C)C(=O)N1)C(=O)OC. The van der Waals surface area contributed by atoms with Crippen molar-refractivity contribution in [3.05, 3.63) is 160 Å². The average Bonchev–Trinajstić information content (AvgIpc) is 3.41. The number of esters is 1. The summed E-state index contributed by atoms with van der Waals surface area (Å²) in [5.41, 5.74) is 4.72. The zero-order chi connectivity index (χ0) is 54.8. The van der Waals surface area contributed by atoms with Crippen molar-refractivity contribution in [1.29, 1.82) is 0 Å². The number of amides is 5. The first-order valence-corrected chi connectivity index (χ1v) is 28.4. The van der Waals surface area contributed by atoms with Gasteiger partial charge in [-0.25, -0.2) is 14.4 Å². The number of carbonyl (C=O) groups is 6. The average molecular weight is 1080 g/mol. The van der Waals surface area contributed by atoms with Gasteiger partial charge in [-0.2, -0.15) is 0 Å². The normalized spacial score (nSPS) is 16.7. The number of likely N-dealkylation sites (N-methyl/N-ethyl adjacent to an activating group) is 1. The van der Waals surface area contributed by atoms with Gasteiger partial charge in [-0.05, 0) is 88.4 Å². The van der Waals surface area contributed by atoms with Gasteiger partial charge in [0.05, 0.1) is 13.2 Å². The molecule has 0 saturated heterocycles. The first kappa shape index (κ1) is 58.0. The Kier molecular flexibility index (Phi) is 21.0. The van der Waals surface area contributed by atoms with Crippen LogP contribution in [-0.2, 0) is 70.5 Å². The number of halogens is 1. The van der Waals surface area contributed by atoms with E-state index in [9.17, 15) is 19.2 Å². The van der Waals surface area contributed by atoms with E-state index in [-0.39, 0.29) is 57.2 Å². The fourth-order valence-corrected chi connectivity index (χ4v) is 9.62. The number of alkyl carbamates (subject to hydrolysis) is 2. The van der Waals surface area contributed by atoms with E-state index in [1.165, 1.54) is 7.11 Å². The molecule has 0 spiro atoms. The van der Waals surface area contributed by atoms with E-state index in [2.05, 4.69) is 31.9 Å². The van der Waals surface area contributed by atoms with E-state index in [4.69, 9.17) is 35.0 Å². The fraction of sp³-hybridized carbons (Fsp3) is 0.368. The Balaban J connectivity index is 1.45. The predicted octanol–water partition coefficient (Wildman–Crippen LogP) is 7.53. The molecular formula is C57H69ClN6O11Si. The Morgan fingerprint density at radius 2 is 1.28 bits per heavy atom. The monoisotopic (exact) mass is 1080 g/mol. The van der Waals surface area contributed by atoms with Crippen LogP contribution in [0.25, 0.3) is 11.1 Å². The number of rotatable bonds is 19. The molecule has 404 valence electrons. The van der Waals surface area contributed by atoms with Gasteiger partial charge in [0.15, 0.2) is 8.32 Å². The van der Waals surface area contributed by atoms with Gasteiger partial charge in [0.2, 0.25) is 17.7 Å². The highest BCUT2D eigenvalue weighted by atomic mass is 35.5. The standard InChI is InChI=1S/C57H69ClN6O11Si/c1-57(2,3)76(6,7)75-44(32-60-55(69)73-35-38-19-13-9-14-20-38)31-48-53(67)61-46(51(65)63-49(33-59-4)54(68)71-5)29-42-27-40(23-25-45(42)58)41-24-26-50(72-34-37-17-11-8-12-18-37)43(28-41)30-47(52(66)62-48)64-56(70)74-36-39-21-15-10-16-22-39/h8-28,44,46-49,59H,29-36H2,1-7H3,(H,60,69)(H,61,67)(H,62,66)(H,63,65)(H,64,70)/t44-,46+,47+,48+,49?/m1/s1. The molecule has 5 aromatic rings. The van der Waals surface area contributed by atoms with Gasteiger partial charge >= 0.3 is 18.2 Å². The molecule has 1 unspecified atom stereocenters. The third kappa shape index (κ3) is 17.1. The van der Waals surface area contributed by atoms with E-state index >= 15 is 9.59 Å². The second-order valence-electron chi connectivity index (χ2n) is 20.0. The summed E-state index contributed by atoms with van der Waals surface area (Å²) in [7, 11) is 0.0776. The van der Waals surface area contributed by atoms with Gasteiger partial charge in [-0.1, -0.05) is 136 Å². The maximum absolute atomic E-state index is 15.2. The maximum Gasteiger partial charge on any atom is 0.408 e. The molecule has 1 aliphatic heterocycles. The molecule has 0 aliphatic carbocycles. The molecule has 5 amide bonds. The topological polar surface area (TPSA) is 221 Å². The van der Waals surface area contributed by atoms with Crippen molar-refractivity contribution in [2.24, 2.45) is 0 Å². The molecule has 0 fully saturated rings. The van der Waals surface area contributed by atoms with Gasteiger partial charge in [-0.15, -0.1) is 0 Å². The summed E-state index contributed by atoms with van der Waals surface area (Å²) in [4.78, 5) is 84.9. The number of carbonyl (C=O) groups excluding carboxylic acids is 6.